The van der Waals surface area contributed by atoms with Gasteiger partial charge in [-0.2, -0.15) is 15.1 Å². The molecular formula is C13H22N6. The molecule has 0 bridgehead atoms. The van der Waals surface area contributed by atoms with Gasteiger partial charge in [-0.3, -0.25) is 5.10 Å². The first-order valence-corrected chi connectivity index (χ1v) is 6.68. The normalized spacial score (nSPS) is 11.8. The van der Waals surface area contributed by atoms with Crippen LogP contribution in [0.15, 0.2) is 6.20 Å². The molecule has 19 heavy (non-hydrogen) atoms. The molecule has 0 spiro atoms. The van der Waals surface area contributed by atoms with Crippen molar-refractivity contribution in [2.45, 2.75) is 34.1 Å². The Kier molecular flexibility index (Phi) is 3.87. The molecule has 0 aliphatic carbocycles. The van der Waals surface area contributed by atoms with E-state index in [4.69, 9.17) is 0 Å². The zero-order valence-corrected chi connectivity index (χ0v) is 12.0. The number of fused-ring (bicyclic) bond motifs is 1. The molecule has 2 rings (SSSR count). The summed E-state index contributed by atoms with van der Waals surface area (Å²) in [7, 11) is 0. The summed E-state index contributed by atoms with van der Waals surface area (Å²) >= 11 is 0. The van der Waals surface area contributed by atoms with Gasteiger partial charge in [-0.1, -0.05) is 27.7 Å². The lowest BCUT2D eigenvalue weighted by atomic mass is 9.97. The van der Waals surface area contributed by atoms with Gasteiger partial charge in [0.2, 0.25) is 5.95 Å². The molecule has 0 aromatic carbocycles. The van der Waals surface area contributed by atoms with Gasteiger partial charge >= 0.3 is 0 Å². The third-order valence-electron chi connectivity index (χ3n) is 2.63. The Bertz CT molecular complexity index is 540. The van der Waals surface area contributed by atoms with Crippen LogP contribution in [0.5, 0.6) is 0 Å². The van der Waals surface area contributed by atoms with Crippen LogP contribution in [-0.4, -0.2) is 33.3 Å². The van der Waals surface area contributed by atoms with Gasteiger partial charge in [-0.25, -0.2) is 0 Å². The summed E-state index contributed by atoms with van der Waals surface area (Å²) in [5, 5.41) is 14.4. The summed E-state index contributed by atoms with van der Waals surface area (Å²) in [5.74, 6) is 1.46. The number of anilines is 2. The minimum Gasteiger partial charge on any atom is -0.369 e. The maximum Gasteiger partial charge on any atom is 0.226 e. The Balaban J connectivity index is 2.26. The van der Waals surface area contributed by atoms with Crippen LogP contribution in [0.4, 0.5) is 11.8 Å². The zero-order valence-electron chi connectivity index (χ0n) is 12.0. The predicted molar refractivity (Wildman–Crippen MR) is 78.4 cm³/mol. The van der Waals surface area contributed by atoms with Gasteiger partial charge in [0, 0.05) is 13.1 Å². The highest BCUT2D eigenvalue weighted by atomic mass is 15.2. The molecular weight excluding hydrogens is 240 g/mol. The molecule has 0 aliphatic rings. The second-order valence-corrected chi connectivity index (χ2v) is 5.87. The lowest BCUT2D eigenvalue weighted by Gasteiger charge is -2.19. The summed E-state index contributed by atoms with van der Waals surface area (Å²) in [6.45, 7) is 10.4. The van der Waals surface area contributed by atoms with E-state index in [1.807, 2.05) is 0 Å². The van der Waals surface area contributed by atoms with Crippen LogP contribution in [0.1, 0.15) is 34.1 Å². The molecule has 0 fully saturated rings. The van der Waals surface area contributed by atoms with Crippen LogP contribution >= 0.6 is 0 Å². The molecule has 2 aromatic rings. The highest BCUT2D eigenvalue weighted by Crippen LogP contribution is 2.22. The van der Waals surface area contributed by atoms with Crippen molar-refractivity contribution in [3.8, 4) is 0 Å². The standard InChI is InChI=1S/C13H22N6/c1-5-6-14-12-17-10(15-8-13(2,3)4)9-7-16-19-11(9)18-12/h7H,5-6,8H2,1-4H3,(H3,14,15,16,17,18,19). The van der Waals surface area contributed by atoms with Crippen molar-refractivity contribution >= 4 is 22.8 Å². The number of H-pyrrole nitrogens is 1. The minimum absolute atomic E-state index is 0.192. The van der Waals surface area contributed by atoms with E-state index >= 15 is 0 Å². The molecule has 6 nitrogen and oxygen atoms in total. The second-order valence-electron chi connectivity index (χ2n) is 5.87. The molecule has 6 heteroatoms. The predicted octanol–water partition coefficient (Wildman–Crippen LogP) is 2.63. The van der Waals surface area contributed by atoms with Crippen molar-refractivity contribution in [2.24, 2.45) is 5.41 Å². The first-order chi connectivity index (χ1) is 8.99. The van der Waals surface area contributed by atoms with Crippen molar-refractivity contribution in [2.75, 3.05) is 23.7 Å². The highest BCUT2D eigenvalue weighted by Gasteiger charge is 2.13. The molecule has 2 aromatic heterocycles. The summed E-state index contributed by atoms with van der Waals surface area (Å²) in [4.78, 5) is 8.92. The number of nitrogens with zero attached hydrogens (tertiary/aromatic N) is 3. The van der Waals surface area contributed by atoms with Gasteiger partial charge in [0.15, 0.2) is 5.65 Å². The second kappa shape index (κ2) is 5.42. The average molecular weight is 262 g/mol. The van der Waals surface area contributed by atoms with E-state index in [2.05, 4.69) is 58.5 Å². The molecule has 0 radical (unpaired) electrons. The SMILES string of the molecule is CCCNc1nc(NCC(C)(C)C)c2cn[nH]c2n1. The number of rotatable bonds is 5. The maximum atomic E-state index is 4.52. The van der Waals surface area contributed by atoms with E-state index in [-0.39, 0.29) is 5.41 Å². The van der Waals surface area contributed by atoms with Crippen molar-refractivity contribution in [1.29, 1.82) is 0 Å². The van der Waals surface area contributed by atoms with Crippen LogP contribution in [-0.2, 0) is 0 Å². The smallest absolute Gasteiger partial charge is 0.226 e. The van der Waals surface area contributed by atoms with Gasteiger partial charge in [0.1, 0.15) is 5.82 Å². The van der Waals surface area contributed by atoms with Crippen molar-refractivity contribution in [3.63, 3.8) is 0 Å². The number of aromatic amines is 1. The van der Waals surface area contributed by atoms with E-state index in [1.165, 1.54) is 0 Å². The van der Waals surface area contributed by atoms with Crippen LogP contribution in [0, 0.1) is 5.41 Å². The molecule has 0 saturated carbocycles. The van der Waals surface area contributed by atoms with E-state index < -0.39 is 0 Å². The van der Waals surface area contributed by atoms with Crippen molar-refractivity contribution in [3.05, 3.63) is 6.20 Å². The quantitative estimate of drug-likeness (QED) is 0.772. The van der Waals surface area contributed by atoms with E-state index in [0.717, 1.165) is 36.4 Å². The first kappa shape index (κ1) is 13.6. The molecule has 0 amide bonds. The van der Waals surface area contributed by atoms with E-state index in [9.17, 15) is 0 Å². The van der Waals surface area contributed by atoms with Crippen LogP contribution < -0.4 is 10.6 Å². The molecule has 2 heterocycles. The third kappa shape index (κ3) is 3.56. The Morgan fingerprint density at radius 1 is 1.21 bits per heavy atom. The Hall–Kier alpha value is -1.85. The lowest BCUT2D eigenvalue weighted by molar-refractivity contribution is 0.442. The van der Waals surface area contributed by atoms with Crippen LogP contribution in [0.25, 0.3) is 11.0 Å². The fraction of sp³-hybridized carbons (Fsp3) is 0.615. The first-order valence-electron chi connectivity index (χ1n) is 6.68. The van der Waals surface area contributed by atoms with Crippen LogP contribution in [0.3, 0.4) is 0 Å². The molecule has 0 aliphatic heterocycles. The fourth-order valence-electron chi connectivity index (χ4n) is 1.63. The lowest BCUT2D eigenvalue weighted by Crippen LogP contribution is -2.20. The molecule has 0 saturated heterocycles. The number of aromatic nitrogens is 4. The fourth-order valence-corrected chi connectivity index (χ4v) is 1.63. The van der Waals surface area contributed by atoms with Gasteiger partial charge in [0.25, 0.3) is 0 Å². The summed E-state index contributed by atoms with van der Waals surface area (Å²) in [5.41, 5.74) is 0.947. The summed E-state index contributed by atoms with van der Waals surface area (Å²) in [6, 6.07) is 0. The van der Waals surface area contributed by atoms with E-state index in [1.54, 1.807) is 6.20 Å². The molecule has 3 N–H and O–H groups in total. The Labute approximate surface area is 113 Å². The topological polar surface area (TPSA) is 78.5 Å². The Morgan fingerprint density at radius 3 is 2.68 bits per heavy atom. The molecule has 0 atom stereocenters. The van der Waals surface area contributed by atoms with Crippen molar-refractivity contribution in [1.82, 2.24) is 20.2 Å². The van der Waals surface area contributed by atoms with Crippen molar-refractivity contribution < 1.29 is 0 Å². The maximum absolute atomic E-state index is 4.52. The summed E-state index contributed by atoms with van der Waals surface area (Å²) in [6.07, 6.45) is 2.79. The number of hydrogen-bond donors (Lipinski definition) is 3. The van der Waals surface area contributed by atoms with Crippen LogP contribution in [0.2, 0.25) is 0 Å². The molecule has 104 valence electrons. The van der Waals surface area contributed by atoms with Gasteiger partial charge in [-0.15, -0.1) is 0 Å². The van der Waals surface area contributed by atoms with Gasteiger partial charge in [-0.05, 0) is 11.8 Å². The summed E-state index contributed by atoms with van der Waals surface area (Å²) < 4.78 is 0. The Morgan fingerprint density at radius 2 is 2.00 bits per heavy atom. The number of nitrogens with one attached hydrogen (secondary N) is 3. The monoisotopic (exact) mass is 262 g/mol. The molecule has 0 unspecified atom stereocenters. The highest BCUT2D eigenvalue weighted by molar-refractivity contribution is 5.86. The largest absolute Gasteiger partial charge is 0.369 e. The van der Waals surface area contributed by atoms with Gasteiger partial charge in [0.05, 0.1) is 11.6 Å². The van der Waals surface area contributed by atoms with E-state index in [0.29, 0.717) is 5.95 Å². The third-order valence-corrected chi connectivity index (χ3v) is 2.63. The minimum atomic E-state index is 0.192. The zero-order chi connectivity index (χ0) is 13.9. The average Bonchev–Trinajstić information content (AvgIpc) is 2.80. The van der Waals surface area contributed by atoms with Gasteiger partial charge < -0.3 is 10.6 Å². The number of hydrogen-bond acceptors (Lipinski definition) is 5.